The van der Waals surface area contributed by atoms with E-state index in [9.17, 15) is 27.6 Å². The van der Waals surface area contributed by atoms with Crippen LogP contribution >= 0.6 is 22.9 Å². The van der Waals surface area contributed by atoms with E-state index in [1.165, 1.54) is 36.5 Å². The smallest absolute Gasteiger partial charge is 0.346 e. The number of nitrogens with zero attached hydrogens (tertiary/aromatic N) is 3. The van der Waals surface area contributed by atoms with Crippen LogP contribution in [0.1, 0.15) is 41.5 Å². The molecule has 0 spiro atoms. The molecule has 1 aliphatic heterocycles. The Morgan fingerprint density at radius 1 is 1.08 bits per heavy atom. The second kappa shape index (κ2) is 10.3. The summed E-state index contributed by atoms with van der Waals surface area (Å²) in [6.45, 7) is -0.309. The van der Waals surface area contributed by atoms with E-state index in [0.29, 0.717) is 16.3 Å². The summed E-state index contributed by atoms with van der Waals surface area (Å²) in [5, 5.41) is 8.95. The summed E-state index contributed by atoms with van der Waals surface area (Å²) < 4.78 is 42.7. The van der Waals surface area contributed by atoms with Crippen LogP contribution < -0.4 is 5.32 Å². The quantitative estimate of drug-likeness (QED) is 0.298. The number of hydrogen-bond acceptors (Lipinski definition) is 5. The summed E-state index contributed by atoms with van der Waals surface area (Å²) in [5.41, 5.74) is 0.748. The molecule has 12 heteroatoms. The number of aryl methyl sites for hydroxylation is 1. The minimum atomic E-state index is -4.62. The number of alkyl halides is 3. The van der Waals surface area contributed by atoms with Crippen LogP contribution in [0.15, 0.2) is 66.2 Å². The number of fused-ring (bicyclic) bond motifs is 1. The summed E-state index contributed by atoms with van der Waals surface area (Å²) in [4.78, 5) is 40.4. The Morgan fingerprint density at radius 3 is 2.33 bits per heavy atom. The fourth-order valence-electron chi connectivity index (χ4n) is 4.60. The highest BCUT2D eigenvalue weighted by atomic mass is 35.5. The van der Waals surface area contributed by atoms with Crippen LogP contribution in [0.4, 0.5) is 13.2 Å². The number of amides is 3. The van der Waals surface area contributed by atoms with Crippen LogP contribution in [0.25, 0.3) is 11.3 Å². The molecular formula is C27H20ClF3N4O3S. The number of halogens is 4. The molecule has 7 nitrogen and oxygen atoms in total. The molecule has 0 saturated heterocycles. The number of hydrogen-bond donors (Lipinski definition) is 1. The van der Waals surface area contributed by atoms with Crippen LogP contribution in [0.2, 0.25) is 5.02 Å². The van der Waals surface area contributed by atoms with Gasteiger partial charge < -0.3 is 5.32 Å². The highest BCUT2D eigenvalue weighted by Gasteiger charge is 2.38. The first-order chi connectivity index (χ1) is 18.5. The number of benzene rings is 2. The summed E-state index contributed by atoms with van der Waals surface area (Å²) in [7, 11) is 1.70. The second-order valence-electron chi connectivity index (χ2n) is 8.96. The SMILES string of the molecule is Cn1ncc(Cl)c1-c1csc(C(=O)N[C@@H](Cc2ccccc2C(F)(F)F)CN2C(=O)c3ccccc3C2=O)c1. The van der Waals surface area contributed by atoms with Crippen molar-refractivity contribution in [2.45, 2.75) is 18.6 Å². The van der Waals surface area contributed by atoms with Crippen LogP contribution in [0.3, 0.4) is 0 Å². The third-order valence-electron chi connectivity index (χ3n) is 6.40. The van der Waals surface area contributed by atoms with Gasteiger partial charge in [-0.1, -0.05) is 41.9 Å². The van der Waals surface area contributed by atoms with Gasteiger partial charge in [-0.2, -0.15) is 18.3 Å². The predicted molar refractivity (Wildman–Crippen MR) is 140 cm³/mol. The van der Waals surface area contributed by atoms with Gasteiger partial charge in [0.15, 0.2) is 0 Å². The number of rotatable bonds is 7. The van der Waals surface area contributed by atoms with Crippen LogP contribution in [0.5, 0.6) is 0 Å². The zero-order valence-corrected chi connectivity index (χ0v) is 21.9. The standard InChI is InChI=1S/C27H20ClF3N4O3S/c1-34-23(21(28)12-32-34)16-11-22(39-14-16)24(36)33-17(10-15-6-2-5-9-20(15)27(29,30)31)13-35-25(37)18-7-3-4-8-19(18)26(35)38/h2-9,11-12,14,17H,10,13H2,1H3,(H,33,36)/t17-/m0/s1. The molecular weight excluding hydrogens is 553 g/mol. The van der Waals surface area contributed by atoms with Gasteiger partial charge in [-0.25, -0.2) is 0 Å². The molecule has 1 N–H and O–H groups in total. The average Bonchev–Trinajstić information content (AvgIpc) is 3.57. The molecule has 39 heavy (non-hydrogen) atoms. The minimum Gasteiger partial charge on any atom is -0.346 e. The molecule has 2 aromatic heterocycles. The molecule has 2 aromatic carbocycles. The van der Waals surface area contributed by atoms with E-state index >= 15 is 0 Å². The first kappa shape index (κ1) is 26.6. The van der Waals surface area contributed by atoms with Crippen molar-refractivity contribution in [1.82, 2.24) is 20.0 Å². The Labute approximate surface area is 229 Å². The molecule has 5 rings (SSSR count). The fraction of sp³-hybridized carbons (Fsp3) is 0.185. The summed E-state index contributed by atoms with van der Waals surface area (Å²) in [6, 6.07) is 11.9. The molecule has 0 saturated carbocycles. The lowest BCUT2D eigenvalue weighted by molar-refractivity contribution is -0.138. The van der Waals surface area contributed by atoms with Gasteiger partial charge in [-0.3, -0.25) is 24.0 Å². The summed E-state index contributed by atoms with van der Waals surface area (Å²) in [5.74, 6) is -1.69. The van der Waals surface area contributed by atoms with E-state index in [0.717, 1.165) is 22.3 Å². The number of thiophene rings is 1. The van der Waals surface area contributed by atoms with Gasteiger partial charge in [0.2, 0.25) is 0 Å². The monoisotopic (exact) mass is 572 g/mol. The third-order valence-corrected chi connectivity index (χ3v) is 7.60. The molecule has 0 unspecified atom stereocenters. The molecule has 4 aromatic rings. The van der Waals surface area contributed by atoms with E-state index in [4.69, 9.17) is 11.6 Å². The van der Waals surface area contributed by atoms with E-state index in [2.05, 4.69) is 10.4 Å². The van der Waals surface area contributed by atoms with Crippen molar-refractivity contribution < 1.29 is 27.6 Å². The molecule has 200 valence electrons. The first-order valence-corrected chi connectivity index (χ1v) is 13.0. The average molecular weight is 573 g/mol. The molecule has 0 fully saturated rings. The van der Waals surface area contributed by atoms with Gasteiger partial charge in [0.25, 0.3) is 17.7 Å². The highest BCUT2D eigenvalue weighted by molar-refractivity contribution is 7.12. The van der Waals surface area contributed by atoms with Crippen molar-refractivity contribution in [3.63, 3.8) is 0 Å². The third kappa shape index (κ3) is 5.19. The van der Waals surface area contributed by atoms with Crippen molar-refractivity contribution in [2.24, 2.45) is 7.05 Å². The normalized spacial score (nSPS) is 14.0. The number of imide groups is 1. The number of carbonyl (C=O) groups excluding carboxylic acids is 3. The van der Waals surface area contributed by atoms with Crippen LogP contribution in [-0.2, 0) is 19.6 Å². The van der Waals surface area contributed by atoms with Gasteiger partial charge in [-0.05, 0) is 36.2 Å². The zero-order chi connectivity index (χ0) is 27.9. The fourth-order valence-corrected chi connectivity index (χ4v) is 5.67. The Kier molecular flexibility index (Phi) is 7.04. The van der Waals surface area contributed by atoms with Crippen molar-refractivity contribution >= 4 is 40.7 Å². The van der Waals surface area contributed by atoms with Gasteiger partial charge in [0.05, 0.1) is 44.5 Å². The first-order valence-electron chi connectivity index (χ1n) is 11.7. The van der Waals surface area contributed by atoms with Gasteiger partial charge in [0.1, 0.15) is 0 Å². The van der Waals surface area contributed by atoms with Crippen molar-refractivity contribution in [1.29, 1.82) is 0 Å². The molecule has 0 bridgehead atoms. The maximum atomic E-state index is 13.7. The summed E-state index contributed by atoms with van der Waals surface area (Å²) in [6.07, 6.45) is -3.41. The van der Waals surface area contributed by atoms with Crippen LogP contribution in [-0.4, -0.2) is 45.0 Å². The molecule has 3 heterocycles. The highest BCUT2D eigenvalue weighted by Crippen LogP contribution is 2.33. The molecule has 0 aliphatic carbocycles. The van der Waals surface area contributed by atoms with E-state index in [1.807, 2.05) is 0 Å². The maximum absolute atomic E-state index is 13.7. The van der Waals surface area contributed by atoms with E-state index in [-0.39, 0.29) is 34.5 Å². The lowest BCUT2D eigenvalue weighted by Gasteiger charge is -2.25. The number of aromatic nitrogens is 2. The minimum absolute atomic E-state index is 0.0690. The van der Waals surface area contributed by atoms with Gasteiger partial charge >= 0.3 is 6.18 Å². The summed E-state index contributed by atoms with van der Waals surface area (Å²) >= 11 is 7.34. The molecule has 1 atom stereocenters. The number of carbonyl (C=O) groups is 3. The van der Waals surface area contributed by atoms with Crippen molar-refractivity contribution in [2.75, 3.05) is 6.54 Å². The predicted octanol–water partition coefficient (Wildman–Crippen LogP) is 5.46. The van der Waals surface area contributed by atoms with E-state index < -0.39 is 35.5 Å². The molecule has 3 amide bonds. The largest absolute Gasteiger partial charge is 0.416 e. The maximum Gasteiger partial charge on any atom is 0.416 e. The van der Waals surface area contributed by atoms with Gasteiger partial charge in [0, 0.05) is 24.5 Å². The topological polar surface area (TPSA) is 84.3 Å². The Hall–Kier alpha value is -3.96. The molecule has 1 aliphatic rings. The second-order valence-corrected chi connectivity index (χ2v) is 10.3. The zero-order valence-electron chi connectivity index (χ0n) is 20.3. The van der Waals surface area contributed by atoms with Crippen LogP contribution in [0, 0.1) is 0 Å². The van der Waals surface area contributed by atoms with Gasteiger partial charge in [-0.15, -0.1) is 11.3 Å². The lowest BCUT2D eigenvalue weighted by Crippen LogP contribution is -2.47. The number of nitrogens with one attached hydrogen (secondary N) is 1. The van der Waals surface area contributed by atoms with Crippen molar-refractivity contribution in [3.8, 4) is 11.3 Å². The van der Waals surface area contributed by atoms with Crippen molar-refractivity contribution in [3.05, 3.63) is 98.3 Å². The Bertz CT molecular complexity index is 1540. The molecule has 0 radical (unpaired) electrons. The van der Waals surface area contributed by atoms with E-state index in [1.54, 1.807) is 35.3 Å². The Balaban J connectivity index is 1.44. The Morgan fingerprint density at radius 2 is 1.72 bits per heavy atom. The lowest BCUT2D eigenvalue weighted by atomic mass is 9.99.